The van der Waals surface area contributed by atoms with Crippen molar-refractivity contribution >= 4 is 22.7 Å². The van der Waals surface area contributed by atoms with Crippen molar-refractivity contribution < 1.29 is 9.47 Å². The Balaban J connectivity index is 1.96. The topological polar surface area (TPSA) is 60.1 Å². The molecule has 5 nitrogen and oxygen atoms in total. The first-order valence-electron chi connectivity index (χ1n) is 12.3. The smallest absolute Gasteiger partial charge is 0.170 e. The number of aryl methyl sites for hydroxylation is 3. The maximum Gasteiger partial charge on any atom is 0.170 e. The van der Waals surface area contributed by atoms with E-state index in [2.05, 4.69) is 44.4 Å². The molecule has 34 heavy (non-hydrogen) atoms. The number of fused-ring (bicyclic) bond motifs is 1. The van der Waals surface area contributed by atoms with E-state index in [9.17, 15) is 0 Å². The van der Waals surface area contributed by atoms with Gasteiger partial charge in [-0.15, -0.1) is 0 Å². The maximum absolute atomic E-state index is 9.03. The number of benzene rings is 2. The molecule has 3 aromatic rings. The second kappa shape index (κ2) is 12.3. The lowest BCUT2D eigenvalue weighted by Gasteiger charge is -2.17. The Kier molecular flexibility index (Phi) is 9.45. The normalized spacial score (nSPS) is 11.2. The van der Waals surface area contributed by atoms with Gasteiger partial charge in [0.25, 0.3) is 0 Å². The van der Waals surface area contributed by atoms with Crippen LogP contribution in [0.2, 0.25) is 0 Å². The van der Waals surface area contributed by atoms with Crippen LogP contribution >= 0.6 is 11.8 Å². The average Bonchev–Trinajstić information content (AvgIpc) is 2.81. The number of nitrogens with one attached hydrogen (secondary N) is 1. The molecule has 1 N–H and O–H groups in total. The van der Waals surface area contributed by atoms with Gasteiger partial charge in [-0.25, -0.2) is 4.98 Å². The number of nitrogens with zero attached hydrogens (tertiary/aromatic N) is 2. The van der Waals surface area contributed by atoms with Gasteiger partial charge in [0, 0.05) is 23.8 Å². The molecule has 2 aromatic carbocycles. The third-order valence-corrected chi connectivity index (χ3v) is 7.40. The van der Waals surface area contributed by atoms with E-state index in [-0.39, 0.29) is 0 Å². The molecule has 0 aliphatic carbocycles. The van der Waals surface area contributed by atoms with E-state index in [4.69, 9.17) is 19.9 Å². The molecule has 0 aliphatic rings. The highest BCUT2D eigenvalue weighted by atomic mass is 32.2. The number of methoxy groups -OCH3 is 2. The van der Waals surface area contributed by atoms with Gasteiger partial charge in [-0.1, -0.05) is 68.5 Å². The van der Waals surface area contributed by atoms with Gasteiger partial charge in [0.2, 0.25) is 0 Å². The molecule has 3 rings (SSSR count). The number of thioether (sulfide) groups is 1. The quantitative estimate of drug-likeness (QED) is 0.170. The van der Waals surface area contributed by atoms with Gasteiger partial charge in [0.15, 0.2) is 16.7 Å². The highest BCUT2D eigenvalue weighted by Crippen LogP contribution is 2.32. The van der Waals surface area contributed by atoms with Gasteiger partial charge in [-0.3, -0.25) is 5.41 Å². The van der Waals surface area contributed by atoms with Gasteiger partial charge in [0.05, 0.1) is 19.7 Å². The molecule has 0 fully saturated rings. The lowest BCUT2D eigenvalue weighted by Crippen LogP contribution is -2.24. The maximum atomic E-state index is 9.03. The minimum atomic E-state index is 0.486. The Morgan fingerprint density at radius 1 is 0.882 bits per heavy atom. The summed E-state index contributed by atoms with van der Waals surface area (Å²) in [5.41, 5.74) is 6.51. The molecular formula is C28H39N3O2S. The van der Waals surface area contributed by atoms with Crippen molar-refractivity contribution in [1.29, 1.82) is 5.41 Å². The van der Waals surface area contributed by atoms with E-state index >= 15 is 0 Å². The highest BCUT2D eigenvalue weighted by molar-refractivity contribution is 7.98. The second-order valence-electron chi connectivity index (χ2n) is 9.05. The first-order chi connectivity index (χ1) is 16.4. The summed E-state index contributed by atoms with van der Waals surface area (Å²) in [6.45, 7) is 9.55. The Morgan fingerprint density at radius 2 is 1.50 bits per heavy atom. The van der Waals surface area contributed by atoms with Crippen molar-refractivity contribution in [3.05, 3.63) is 52.0 Å². The molecule has 0 saturated heterocycles. The summed E-state index contributed by atoms with van der Waals surface area (Å²) in [5, 5.41) is 10.7. The summed E-state index contributed by atoms with van der Waals surface area (Å²) in [5.74, 6) is 2.10. The van der Waals surface area contributed by atoms with Crippen molar-refractivity contribution in [3.8, 4) is 11.5 Å². The van der Waals surface area contributed by atoms with Crippen LogP contribution in [0.1, 0.15) is 67.7 Å². The minimum absolute atomic E-state index is 0.486. The molecule has 0 amide bonds. The third kappa shape index (κ3) is 6.15. The van der Waals surface area contributed by atoms with E-state index in [0.29, 0.717) is 17.0 Å². The fraction of sp³-hybridized carbons (Fsp3) is 0.500. The summed E-state index contributed by atoms with van der Waals surface area (Å²) >= 11 is 1.72. The predicted molar refractivity (Wildman–Crippen MR) is 142 cm³/mol. The van der Waals surface area contributed by atoms with Crippen molar-refractivity contribution in [2.75, 3.05) is 14.2 Å². The zero-order valence-electron chi connectivity index (χ0n) is 21.6. The minimum Gasteiger partial charge on any atom is -0.493 e. The summed E-state index contributed by atoms with van der Waals surface area (Å²) in [4.78, 5) is 5.01. The molecule has 0 unspecified atom stereocenters. The third-order valence-electron chi connectivity index (χ3n) is 6.40. The first-order valence-corrected chi connectivity index (χ1v) is 13.3. The van der Waals surface area contributed by atoms with Crippen LogP contribution in [-0.4, -0.2) is 23.8 Å². The van der Waals surface area contributed by atoms with E-state index in [0.717, 1.165) is 34.8 Å². The Labute approximate surface area is 208 Å². The number of unbranched alkanes of at least 4 members (excludes halogenated alkanes) is 5. The highest BCUT2D eigenvalue weighted by Gasteiger charge is 2.15. The van der Waals surface area contributed by atoms with Crippen LogP contribution in [0.25, 0.3) is 10.9 Å². The van der Waals surface area contributed by atoms with Crippen molar-refractivity contribution in [2.24, 2.45) is 0 Å². The van der Waals surface area contributed by atoms with Gasteiger partial charge >= 0.3 is 0 Å². The summed E-state index contributed by atoms with van der Waals surface area (Å²) in [7, 11) is 3.26. The van der Waals surface area contributed by atoms with Gasteiger partial charge in [-0.05, 0) is 49.9 Å². The summed E-state index contributed by atoms with van der Waals surface area (Å²) < 4.78 is 13.1. The predicted octanol–water partition coefficient (Wildman–Crippen LogP) is 7.11. The van der Waals surface area contributed by atoms with Gasteiger partial charge in [0.1, 0.15) is 5.49 Å². The molecule has 0 saturated carbocycles. The van der Waals surface area contributed by atoms with Crippen LogP contribution in [0, 0.1) is 26.2 Å². The SMILES string of the molecule is CCCCCCCCn1c(SCc2c(C)cc(C)cc2C)nc2cc(OC)c(OC)cc2c1=N. The average molecular weight is 482 g/mol. The zero-order valence-corrected chi connectivity index (χ0v) is 22.4. The van der Waals surface area contributed by atoms with Gasteiger partial charge < -0.3 is 14.0 Å². The standard InChI is InChI=1S/C28H39N3O2S/c1-7-8-9-10-11-12-13-31-27(29)22-16-25(32-5)26(33-6)17-24(22)30-28(31)34-18-23-20(3)14-19(2)15-21(23)4/h14-17,29H,7-13,18H2,1-6H3. The van der Waals surface area contributed by atoms with Crippen molar-refractivity contribution in [1.82, 2.24) is 9.55 Å². The molecule has 1 heterocycles. The fourth-order valence-corrected chi connectivity index (χ4v) is 5.73. The number of hydrogen-bond acceptors (Lipinski definition) is 5. The Bertz CT molecular complexity index is 1160. The molecule has 0 radical (unpaired) electrons. The molecule has 0 atom stereocenters. The number of rotatable bonds is 12. The van der Waals surface area contributed by atoms with Crippen LogP contribution in [-0.2, 0) is 12.3 Å². The summed E-state index contributed by atoms with van der Waals surface area (Å²) in [6, 6.07) is 8.25. The molecule has 0 aliphatic heterocycles. The van der Waals surface area contributed by atoms with Crippen LogP contribution in [0.15, 0.2) is 29.4 Å². The van der Waals surface area contributed by atoms with Crippen molar-refractivity contribution in [3.63, 3.8) is 0 Å². The lowest BCUT2D eigenvalue weighted by atomic mass is 10.0. The Morgan fingerprint density at radius 3 is 2.15 bits per heavy atom. The molecular weight excluding hydrogens is 442 g/mol. The number of hydrogen-bond donors (Lipinski definition) is 1. The zero-order chi connectivity index (χ0) is 24.7. The van der Waals surface area contributed by atoms with Crippen molar-refractivity contribution in [2.45, 2.75) is 83.7 Å². The van der Waals surface area contributed by atoms with Crippen LogP contribution in [0.5, 0.6) is 11.5 Å². The first kappa shape index (κ1) is 26.1. The van der Waals surface area contributed by atoms with E-state index in [1.165, 1.54) is 54.4 Å². The van der Waals surface area contributed by atoms with E-state index in [1.807, 2.05) is 12.1 Å². The second-order valence-corrected chi connectivity index (χ2v) is 10.00. The monoisotopic (exact) mass is 481 g/mol. The van der Waals surface area contributed by atoms with E-state index in [1.54, 1.807) is 26.0 Å². The summed E-state index contributed by atoms with van der Waals surface area (Å²) in [6.07, 6.45) is 7.32. The number of ether oxygens (including phenoxy) is 2. The van der Waals surface area contributed by atoms with Crippen LogP contribution in [0.4, 0.5) is 0 Å². The van der Waals surface area contributed by atoms with Crippen LogP contribution < -0.4 is 15.0 Å². The Hall–Kier alpha value is -2.47. The van der Waals surface area contributed by atoms with E-state index < -0.39 is 0 Å². The van der Waals surface area contributed by atoms with Crippen LogP contribution in [0.3, 0.4) is 0 Å². The molecule has 0 spiro atoms. The number of aromatic nitrogens is 2. The molecule has 1 aromatic heterocycles. The lowest BCUT2D eigenvalue weighted by molar-refractivity contribution is 0.355. The van der Waals surface area contributed by atoms with Gasteiger partial charge in [-0.2, -0.15) is 0 Å². The largest absolute Gasteiger partial charge is 0.493 e. The molecule has 6 heteroatoms. The fourth-order valence-electron chi connectivity index (χ4n) is 4.50. The molecule has 184 valence electrons. The molecule has 0 bridgehead atoms.